The van der Waals surface area contributed by atoms with Crippen molar-refractivity contribution in [2.75, 3.05) is 26.4 Å². The van der Waals surface area contributed by atoms with Crippen LogP contribution in [0.2, 0.25) is 0 Å². The van der Waals surface area contributed by atoms with Crippen molar-refractivity contribution in [3.05, 3.63) is 66.0 Å². The van der Waals surface area contributed by atoms with Gasteiger partial charge in [-0.3, -0.25) is 4.99 Å². The van der Waals surface area contributed by atoms with E-state index < -0.39 is 9.84 Å². The molecule has 27 heavy (non-hydrogen) atoms. The van der Waals surface area contributed by atoms with Gasteiger partial charge in [0.25, 0.3) is 0 Å². The number of rotatable bonds is 7. The molecule has 0 radical (unpaired) electrons. The van der Waals surface area contributed by atoms with Crippen molar-refractivity contribution in [3.8, 4) is 0 Å². The highest BCUT2D eigenvalue weighted by atomic mass is 127. The molecule has 0 spiro atoms. The van der Waals surface area contributed by atoms with Crippen LogP contribution in [0.5, 0.6) is 0 Å². The highest BCUT2D eigenvalue weighted by Crippen LogP contribution is 2.11. The Kier molecular flexibility index (Phi) is 9.71. The molecule has 0 bridgehead atoms. The van der Waals surface area contributed by atoms with Crippen LogP contribution >= 0.6 is 24.0 Å². The monoisotopic (exact) mass is 505 g/mol. The van der Waals surface area contributed by atoms with Crippen LogP contribution in [0.3, 0.4) is 0 Å². The zero-order chi connectivity index (χ0) is 19.0. The topological polar surface area (TPSA) is 61.8 Å². The van der Waals surface area contributed by atoms with Gasteiger partial charge in [-0.05, 0) is 36.2 Å². The predicted molar refractivity (Wildman–Crippen MR) is 118 cm³/mol. The molecule has 2 aromatic rings. The van der Waals surface area contributed by atoms with Crippen LogP contribution in [0, 0.1) is 5.82 Å². The molecule has 0 aliphatic carbocycles. The molecule has 0 amide bonds. The van der Waals surface area contributed by atoms with Gasteiger partial charge >= 0.3 is 0 Å². The summed E-state index contributed by atoms with van der Waals surface area (Å²) in [5.41, 5.74) is 0.835. The Hall–Kier alpha value is -1.68. The summed E-state index contributed by atoms with van der Waals surface area (Å²) >= 11 is 0. The predicted octanol–water partition coefficient (Wildman–Crippen LogP) is 3.31. The lowest BCUT2D eigenvalue weighted by atomic mass is 10.2. The maximum atomic E-state index is 13.3. The van der Waals surface area contributed by atoms with Gasteiger partial charge < -0.3 is 10.2 Å². The highest BCUT2D eigenvalue weighted by molar-refractivity contribution is 14.0. The van der Waals surface area contributed by atoms with Gasteiger partial charge in [0, 0.05) is 27.2 Å². The van der Waals surface area contributed by atoms with Gasteiger partial charge in [0.15, 0.2) is 15.8 Å². The lowest BCUT2D eigenvalue weighted by molar-refractivity contribution is 0.474. The molecule has 0 aliphatic heterocycles. The first-order valence-corrected chi connectivity index (χ1v) is 10.0. The van der Waals surface area contributed by atoms with Crippen LogP contribution in [0.25, 0.3) is 0 Å². The number of guanidine groups is 1. The average molecular weight is 505 g/mol. The molecule has 0 aliphatic rings. The minimum Gasteiger partial charge on any atom is -0.356 e. The van der Waals surface area contributed by atoms with Crippen LogP contribution in [0.1, 0.15) is 12.0 Å². The third kappa shape index (κ3) is 7.45. The summed E-state index contributed by atoms with van der Waals surface area (Å²) in [4.78, 5) is 6.39. The molecule has 1 N–H and O–H groups in total. The van der Waals surface area contributed by atoms with E-state index in [1.54, 1.807) is 43.4 Å². The Bertz CT molecular complexity index is 845. The smallest absolute Gasteiger partial charge is 0.193 e. The van der Waals surface area contributed by atoms with Crippen molar-refractivity contribution in [1.82, 2.24) is 10.2 Å². The number of nitrogens with zero attached hydrogens (tertiary/aromatic N) is 2. The van der Waals surface area contributed by atoms with Crippen LogP contribution in [-0.2, 0) is 16.4 Å². The highest BCUT2D eigenvalue weighted by Gasteiger charge is 2.13. The van der Waals surface area contributed by atoms with Crippen molar-refractivity contribution < 1.29 is 12.8 Å². The zero-order valence-electron chi connectivity index (χ0n) is 15.4. The molecule has 0 heterocycles. The molecule has 5 nitrogen and oxygen atoms in total. The fourth-order valence-corrected chi connectivity index (χ4v) is 3.91. The van der Waals surface area contributed by atoms with Gasteiger partial charge in [0.2, 0.25) is 0 Å². The first-order valence-electron chi connectivity index (χ1n) is 8.36. The second-order valence-electron chi connectivity index (χ2n) is 5.95. The van der Waals surface area contributed by atoms with E-state index in [0.29, 0.717) is 30.4 Å². The molecule has 0 saturated heterocycles. The lowest BCUT2D eigenvalue weighted by Crippen LogP contribution is -2.39. The molecular formula is C19H25FIN3O2S. The largest absolute Gasteiger partial charge is 0.356 e. The number of hydrogen-bond donors (Lipinski definition) is 1. The first-order chi connectivity index (χ1) is 12.4. The van der Waals surface area contributed by atoms with E-state index >= 15 is 0 Å². The molecule has 0 aromatic heterocycles. The molecule has 8 heteroatoms. The fraction of sp³-hybridized carbons (Fsp3) is 0.316. The van der Waals surface area contributed by atoms with Crippen LogP contribution in [0.15, 0.2) is 64.5 Å². The number of nitrogens with one attached hydrogen (secondary N) is 1. The zero-order valence-corrected chi connectivity index (χ0v) is 18.6. The van der Waals surface area contributed by atoms with E-state index in [0.717, 1.165) is 5.56 Å². The number of halogens is 2. The second kappa shape index (κ2) is 11.2. The molecule has 0 atom stereocenters. The van der Waals surface area contributed by atoms with Crippen LogP contribution < -0.4 is 5.32 Å². The van der Waals surface area contributed by atoms with E-state index in [-0.39, 0.29) is 35.5 Å². The molecule has 2 aromatic carbocycles. The van der Waals surface area contributed by atoms with Crippen molar-refractivity contribution in [3.63, 3.8) is 0 Å². The normalized spacial score (nSPS) is 11.6. The summed E-state index contributed by atoms with van der Waals surface area (Å²) in [5.74, 6) is 0.422. The molecule has 0 unspecified atom stereocenters. The van der Waals surface area contributed by atoms with Gasteiger partial charge in [-0.15, -0.1) is 24.0 Å². The standard InChI is InChI=1S/C19H24FN3O2S.HI/c1-21-19(23(2)15-16-8-6-9-17(20)14-16)22-12-7-13-26(24,25)18-10-4-3-5-11-18;/h3-6,8-11,14H,7,12-13,15H2,1-2H3,(H,21,22);1H. The summed E-state index contributed by atoms with van der Waals surface area (Å²) in [6.45, 7) is 0.978. The van der Waals surface area contributed by atoms with Gasteiger partial charge in [-0.1, -0.05) is 30.3 Å². The third-order valence-electron chi connectivity index (χ3n) is 3.86. The van der Waals surface area contributed by atoms with E-state index in [1.807, 2.05) is 18.0 Å². The van der Waals surface area contributed by atoms with Gasteiger partial charge in [-0.25, -0.2) is 12.8 Å². The minimum absolute atomic E-state index is 0. The number of benzene rings is 2. The fourth-order valence-electron chi connectivity index (χ4n) is 2.58. The molecule has 148 valence electrons. The van der Waals surface area contributed by atoms with E-state index in [9.17, 15) is 12.8 Å². The summed E-state index contributed by atoms with van der Waals surface area (Å²) in [6, 6.07) is 14.8. The Morgan fingerprint density at radius 2 is 1.85 bits per heavy atom. The lowest BCUT2D eigenvalue weighted by Gasteiger charge is -2.22. The summed E-state index contributed by atoms with van der Waals surface area (Å²) in [7, 11) is 0.232. The Labute approximate surface area is 177 Å². The summed E-state index contributed by atoms with van der Waals surface area (Å²) in [5, 5.41) is 3.15. The van der Waals surface area contributed by atoms with E-state index in [4.69, 9.17) is 0 Å². The Morgan fingerprint density at radius 3 is 2.48 bits per heavy atom. The van der Waals surface area contributed by atoms with Gasteiger partial charge in [0.1, 0.15) is 5.82 Å². The van der Waals surface area contributed by atoms with Crippen molar-refractivity contribution in [2.45, 2.75) is 17.9 Å². The Morgan fingerprint density at radius 1 is 1.15 bits per heavy atom. The summed E-state index contributed by atoms with van der Waals surface area (Å²) in [6.07, 6.45) is 0.462. The summed E-state index contributed by atoms with van der Waals surface area (Å²) < 4.78 is 37.8. The minimum atomic E-state index is -3.27. The molecule has 0 fully saturated rings. The molecule has 0 saturated carbocycles. The average Bonchev–Trinajstić information content (AvgIpc) is 2.62. The third-order valence-corrected chi connectivity index (χ3v) is 5.67. The van der Waals surface area contributed by atoms with Gasteiger partial charge in [-0.2, -0.15) is 0 Å². The quantitative estimate of drug-likeness (QED) is 0.272. The van der Waals surface area contributed by atoms with Crippen molar-refractivity contribution in [1.29, 1.82) is 0 Å². The Balaban J connectivity index is 0.00000364. The number of hydrogen-bond acceptors (Lipinski definition) is 3. The van der Waals surface area contributed by atoms with Gasteiger partial charge in [0.05, 0.1) is 10.6 Å². The second-order valence-corrected chi connectivity index (χ2v) is 8.05. The molecular weight excluding hydrogens is 480 g/mol. The molecule has 2 rings (SSSR count). The SMILES string of the molecule is CN=C(NCCCS(=O)(=O)c1ccccc1)N(C)Cc1cccc(F)c1.I. The van der Waals surface area contributed by atoms with E-state index in [1.165, 1.54) is 12.1 Å². The first kappa shape index (κ1) is 23.4. The maximum Gasteiger partial charge on any atom is 0.193 e. The van der Waals surface area contributed by atoms with E-state index in [2.05, 4.69) is 10.3 Å². The van der Waals surface area contributed by atoms with Crippen molar-refractivity contribution in [2.24, 2.45) is 4.99 Å². The number of sulfone groups is 1. The number of aliphatic imine (C=N–C) groups is 1. The maximum absolute atomic E-state index is 13.3. The van der Waals surface area contributed by atoms with Crippen LogP contribution in [-0.4, -0.2) is 45.7 Å². The van der Waals surface area contributed by atoms with Crippen LogP contribution in [0.4, 0.5) is 4.39 Å². The van der Waals surface area contributed by atoms with Crippen molar-refractivity contribution >= 4 is 39.8 Å².